The van der Waals surface area contributed by atoms with Gasteiger partial charge in [-0.2, -0.15) is 0 Å². The van der Waals surface area contributed by atoms with Gasteiger partial charge in [0, 0.05) is 6.54 Å². The summed E-state index contributed by atoms with van der Waals surface area (Å²) in [5.41, 5.74) is 5.40. The molecule has 1 fully saturated rings. The SMILES string of the molecule is NC(CC(=O)O)C(=O)N1CCC[C@H]1C(=O)O. The summed E-state index contributed by atoms with van der Waals surface area (Å²) in [6, 6.07) is -2.04. The number of hydrogen-bond donors (Lipinski definition) is 3. The Hall–Kier alpha value is -1.63. The van der Waals surface area contributed by atoms with E-state index in [2.05, 4.69) is 0 Å². The van der Waals surface area contributed by atoms with Crippen LogP contribution in [0.2, 0.25) is 0 Å². The summed E-state index contributed by atoms with van der Waals surface area (Å²) in [4.78, 5) is 34.0. The van der Waals surface area contributed by atoms with Gasteiger partial charge in [0.1, 0.15) is 6.04 Å². The first-order chi connectivity index (χ1) is 7.43. The number of carboxylic acid groups (broad SMARTS) is 2. The van der Waals surface area contributed by atoms with Crippen molar-refractivity contribution in [1.29, 1.82) is 0 Å². The molecule has 1 unspecified atom stereocenters. The highest BCUT2D eigenvalue weighted by Gasteiger charge is 2.36. The molecule has 1 heterocycles. The summed E-state index contributed by atoms with van der Waals surface area (Å²) in [6.07, 6.45) is 0.505. The minimum atomic E-state index is -1.17. The monoisotopic (exact) mass is 230 g/mol. The third kappa shape index (κ3) is 2.69. The zero-order chi connectivity index (χ0) is 12.3. The summed E-state index contributed by atoms with van der Waals surface area (Å²) < 4.78 is 0. The van der Waals surface area contributed by atoms with E-state index in [4.69, 9.17) is 15.9 Å². The Balaban J connectivity index is 2.65. The third-order valence-corrected chi connectivity index (χ3v) is 2.53. The first kappa shape index (κ1) is 12.4. The fourth-order valence-electron chi connectivity index (χ4n) is 1.78. The molecule has 0 radical (unpaired) electrons. The van der Waals surface area contributed by atoms with Crippen molar-refractivity contribution in [2.45, 2.75) is 31.3 Å². The lowest BCUT2D eigenvalue weighted by molar-refractivity contribution is -0.149. The number of rotatable bonds is 4. The van der Waals surface area contributed by atoms with Gasteiger partial charge in [-0.3, -0.25) is 9.59 Å². The maximum absolute atomic E-state index is 11.7. The smallest absolute Gasteiger partial charge is 0.326 e. The van der Waals surface area contributed by atoms with E-state index < -0.39 is 36.4 Å². The Morgan fingerprint density at radius 2 is 2.00 bits per heavy atom. The van der Waals surface area contributed by atoms with Crippen LogP contribution < -0.4 is 5.73 Å². The molecule has 0 aliphatic carbocycles. The van der Waals surface area contributed by atoms with Gasteiger partial charge in [-0.25, -0.2) is 4.79 Å². The third-order valence-electron chi connectivity index (χ3n) is 2.53. The number of carbonyl (C=O) groups is 3. The standard InChI is InChI=1S/C9H14N2O5/c10-5(4-7(12)13)8(14)11-3-1-2-6(11)9(15)16/h5-6H,1-4,10H2,(H,12,13)(H,15,16)/t5?,6-/m0/s1. The van der Waals surface area contributed by atoms with Crippen molar-refractivity contribution < 1.29 is 24.6 Å². The second-order valence-electron chi connectivity index (χ2n) is 3.73. The summed E-state index contributed by atoms with van der Waals surface area (Å²) in [5.74, 6) is -2.85. The van der Waals surface area contributed by atoms with Gasteiger partial charge in [0.25, 0.3) is 0 Å². The highest BCUT2D eigenvalue weighted by molar-refractivity contribution is 5.89. The average Bonchev–Trinajstić information content (AvgIpc) is 2.63. The topological polar surface area (TPSA) is 121 Å². The van der Waals surface area contributed by atoms with Crippen molar-refractivity contribution in [3.8, 4) is 0 Å². The molecule has 7 heteroatoms. The van der Waals surface area contributed by atoms with Crippen LogP contribution in [0.5, 0.6) is 0 Å². The van der Waals surface area contributed by atoms with Crippen LogP contribution in [0.15, 0.2) is 0 Å². The summed E-state index contributed by atoms with van der Waals surface area (Å²) in [5, 5.41) is 17.3. The summed E-state index contributed by atoms with van der Waals surface area (Å²) in [7, 11) is 0. The van der Waals surface area contributed by atoms with Gasteiger partial charge in [0.15, 0.2) is 0 Å². The van der Waals surface area contributed by atoms with Crippen molar-refractivity contribution in [3.05, 3.63) is 0 Å². The molecule has 0 saturated carbocycles. The molecule has 0 aromatic carbocycles. The molecule has 90 valence electrons. The highest BCUT2D eigenvalue weighted by Crippen LogP contribution is 2.18. The van der Waals surface area contributed by atoms with Gasteiger partial charge < -0.3 is 20.8 Å². The Bertz CT molecular complexity index is 317. The number of aliphatic carboxylic acids is 2. The number of nitrogens with zero attached hydrogens (tertiary/aromatic N) is 1. The average molecular weight is 230 g/mol. The van der Waals surface area contributed by atoms with Crippen LogP contribution in [0.1, 0.15) is 19.3 Å². The molecule has 0 aromatic rings. The van der Waals surface area contributed by atoms with Gasteiger partial charge in [-0.15, -0.1) is 0 Å². The normalized spacial score (nSPS) is 21.8. The van der Waals surface area contributed by atoms with E-state index in [0.717, 1.165) is 4.90 Å². The zero-order valence-corrected chi connectivity index (χ0v) is 8.63. The van der Waals surface area contributed by atoms with Crippen molar-refractivity contribution >= 4 is 17.8 Å². The molecule has 1 aliphatic rings. The van der Waals surface area contributed by atoms with Crippen LogP contribution in [0, 0.1) is 0 Å². The van der Waals surface area contributed by atoms with Gasteiger partial charge in [0.05, 0.1) is 12.5 Å². The van der Waals surface area contributed by atoms with Crippen LogP contribution in [0.4, 0.5) is 0 Å². The largest absolute Gasteiger partial charge is 0.481 e. The Morgan fingerprint density at radius 1 is 1.38 bits per heavy atom. The Morgan fingerprint density at radius 3 is 2.50 bits per heavy atom. The second-order valence-corrected chi connectivity index (χ2v) is 3.73. The minimum absolute atomic E-state index is 0.323. The molecule has 0 bridgehead atoms. The molecule has 7 nitrogen and oxygen atoms in total. The molecule has 0 aromatic heterocycles. The molecule has 1 rings (SSSR count). The van der Waals surface area contributed by atoms with E-state index in [1.165, 1.54) is 0 Å². The molecule has 0 spiro atoms. The highest BCUT2D eigenvalue weighted by atomic mass is 16.4. The number of amides is 1. The summed E-state index contributed by atoms with van der Waals surface area (Å²) in [6.45, 7) is 0.323. The molecule has 4 N–H and O–H groups in total. The molecule has 2 atom stereocenters. The van der Waals surface area contributed by atoms with E-state index in [-0.39, 0.29) is 0 Å². The van der Waals surface area contributed by atoms with Crippen molar-refractivity contribution in [3.63, 3.8) is 0 Å². The lowest BCUT2D eigenvalue weighted by Gasteiger charge is -2.24. The molecule has 1 saturated heterocycles. The molecule has 1 aliphatic heterocycles. The van der Waals surface area contributed by atoms with Gasteiger partial charge >= 0.3 is 11.9 Å². The number of likely N-dealkylation sites (tertiary alicyclic amines) is 1. The van der Waals surface area contributed by atoms with Crippen molar-refractivity contribution in [2.24, 2.45) is 5.73 Å². The quantitative estimate of drug-likeness (QED) is 0.561. The lowest BCUT2D eigenvalue weighted by atomic mass is 10.1. The first-order valence-electron chi connectivity index (χ1n) is 4.94. The number of carbonyl (C=O) groups excluding carboxylic acids is 1. The second kappa shape index (κ2) is 4.93. The van der Waals surface area contributed by atoms with Gasteiger partial charge in [-0.05, 0) is 12.8 Å². The summed E-state index contributed by atoms with van der Waals surface area (Å²) >= 11 is 0. The van der Waals surface area contributed by atoms with Crippen molar-refractivity contribution in [1.82, 2.24) is 4.90 Å². The molecule has 1 amide bonds. The van der Waals surface area contributed by atoms with E-state index in [9.17, 15) is 14.4 Å². The number of carboxylic acids is 2. The zero-order valence-electron chi connectivity index (χ0n) is 8.63. The van der Waals surface area contributed by atoms with Crippen molar-refractivity contribution in [2.75, 3.05) is 6.54 Å². The van der Waals surface area contributed by atoms with Crippen LogP contribution in [0.25, 0.3) is 0 Å². The predicted octanol–water partition coefficient (Wildman–Crippen LogP) is -1.14. The minimum Gasteiger partial charge on any atom is -0.481 e. The van der Waals surface area contributed by atoms with Crippen LogP contribution in [-0.2, 0) is 14.4 Å². The first-order valence-corrected chi connectivity index (χ1v) is 4.94. The number of hydrogen-bond acceptors (Lipinski definition) is 4. The van der Waals surface area contributed by atoms with Crippen LogP contribution >= 0.6 is 0 Å². The van der Waals surface area contributed by atoms with Crippen LogP contribution in [-0.4, -0.2) is 51.6 Å². The Labute approximate surface area is 91.8 Å². The molecular formula is C9H14N2O5. The maximum atomic E-state index is 11.7. The predicted molar refractivity (Wildman–Crippen MR) is 52.6 cm³/mol. The fraction of sp³-hybridized carbons (Fsp3) is 0.667. The van der Waals surface area contributed by atoms with Gasteiger partial charge in [-0.1, -0.05) is 0 Å². The van der Waals surface area contributed by atoms with Gasteiger partial charge in [0.2, 0.25) is 5.91 Å². The van der Waals surface area contributed by atoms with E-state index in [0.29, 0.717) is 19.4 Å². The number of nitrogens with two attached hydrogens (primary N) is 1. The Kier molecular flexibility index (Phi) is 3.83. The van der Waals surface area contributed by atoms with E-state index in [1.54, 1.807) is 0 Å². The lowest BCUT2D eigenvalue weighted by Crippen LogP contribution is -2.49. The van der Waals surface area contributed by atoms with Crippen LogP contribution in [0.3, 0.4) is 0 Å². The van der Waals surface area contributed by atoms with E-state index in [1.807, 2.05) is 0 Å². The molecule has 16 heavy (non-hydrogen) atoms. The van der Waals surface area contributed by atoms with E-state index >= 15 is 0 Å². The fourth-order valence-corrected chi connectivity index (χ4v) is 1.78. The maximum Gasteiger partial charge on any atom is 0.326 e. The molecular weight excluding hydrogens is 216 g/mol.